The van der Waals surface area contributed by atoms with Crippen LogP contribution < -0.4 is 0 Å². The molecule has 0 radical (unpaired) electrons. The third-order valence-corrected chi connectivity index (χ3v) is 3.01. The summed E-state index contributed by atoms with van der Waals surface area (Å²) in [6.45, 7) is 8.47. The van der Waals surface area contributed by atoms with Gasteiger partial charge in [0.1, 0.15) is 0 Å². The van der Waals surface area contributed by atoms with Crippen molar-refractivity contribution in [3.8, 4) is 0 Å². The van der Waals surface area contributed by atoms with Gasteiger partial charge in [-0.2, -0.15) is 0 Å². The summed E-state index contributed by atoms with van der Waals surface area (Å²) in [6.07, 6.45) is 4.24. The summed E-state index contributed by atoms with van der Waals surface area (Å²) in [5.74, 6) is -0.553. The molecule has 0 aliphatic carbocycles. The van der Waals surface area contributed by atoms with Crippen LogP contribution in [0, 0.1) is 5.92 Å². The fourth-order valence-corrected chi connectivity index (χ4v) is 1.39. The molecule has 2 atom stereocenters. The van der Waals surface area contributed by atoms with Crippen molar-refractivity contribution in [2.45, 2.75) is 59.5 Å². The van der Waals surface area contributed by atoms with Crippen molar-refractivity contribution in [3.05, 3.63) is 0 Å². The number of carbonyl (C=O) groups excluding carboxylic acids is 2. The van der Waals surface area contributed by atoms with Gasteiger partial charge in [-0.05, 0) is 26.7 Å². The SMILES string of the molecule is CCCCCOC(C)=O.COC(C)CCO.COCC(C)C(=O)OC. The highest BCUT2D eigenvalue weighted by atomic mass is 16.5. The molecule has 0 aromatic rings. The minimum atomic E-state index is -0.225. The second kappa shape index (κ2) is 22.8. The lowest BCUT2D eigenvalue weighted by atomic mass is 10.2. The van der Waals surface area contributed by atoms with Gasteiger partial charge >= 0.3 is 11.9 Å². The van der Waals surface area contributed by atoms with Gasteiger partial charge in [0.05, 0.1) is 32.3 Å². The van der Waals surface area contributed by atoms with Crippen molar-refractivity contribution in [2.75, 3.05) is 41.2 Å². The molecule has 152 valence electrons. The van der Waals surface area contributed by atoms with Crippen LogP contribution in [-0.4, -0.2) is 64.3 Å². The lowest BCUT2D eigenvalue weighted by molar-refractivity contribution is -0.146. The highest BCUT2D eigenvalue weighted by Crippen LogP contribution is 1.96. The van der Waals surface area contributed by atoms with E-state index in [0.29, 0.717) is 13.2 Å². The molecule has 7 nitrogen and oxygen atoms in total. The quantitative estimate of drug-likeness (QED) is 0.469. The molecule has 0 aromatic carbocycles. The molecule has 25 heavy (non-hydrogen) atoms. The van der Waals surface area contributed by atoms with E-state index in [-0.39, 0.29) is 30.6 Å². The number of unbranched alkanes of at least 4 members (excludes halogenated alkanes) is 2. The van der Waals surface area contributed by atoms with Crippen molar-refractivity contribution in [1.82, 2.24) is 0 Å². The standard InChI is InChI=1S/C7H14O2.C6H12O3.C5H12O2/c1-3-4-5-6-9-7(2)8;1-5(4-8-2)6(7)9-3;1-5(7-2)3-4-6/h3-6H2,1-2H3;5H,4H2,1-3H3;5-6H,3-4H2,1-2H3. The molecule has 1 N–H and O–H groups in total. The fourth-order valence-electron chi connectivity index (χ4n) is 1.39. The summed E-state index contributed by atoms with van der Waals surface area (Å²) in [7, 11) is 4.56. The molecule has 0 spiro atoms. The monoisotopic (exact) mass is 366 g/mol. The van der Waals surface area contributed by atoms with Gasteiger partial charge in [-0.15, -0.1) is 0 Å². The number of ether oxygens (including phenoxy) is 4. The van der Waals surface area contributed by atoms with Crippen molar-refractivity contribution in [2.24, 2.45) is 5.92 Å². The summed E-state index contributed by atoms with van der Waals surface area (Å²) in [5, 5.41) is 8.29. The van der Waals surface area contributed by atoms with Crippen LogP contribution in [0.1, 0.15) is 53.4 Å². The number of methoxy groups -OCH3 is 3. The Labute approximate surface area is 153 Å². The molecule has 0 rings (SSSR count). The second-order valence-corrected chi connectivity index (χ2v) is 5.49. The van der Waals surface area contributed by atoms with Crippen molar-refractivity contribution in [1.29, 1.82) is 0 Å². The van der Waals surface area contributed by atoms with E-state index >= 15 is 0 Å². The van der Waals surface area contributed by atoms with E-state index in [1.807, 2.05) is 6.92 Å². The number of carbonyl (C=O) groups is 2. The lowest BCUT2D eigenvalue weighted by Gasteiger charge is -2.05. The summed E-state index contributed by atoms with van der Waals surface area (Å²) in [5.41, 5.74) is 0. The predicted molar refractivity (Wildman–Crippen MR) is 97.4 cm³/mol. The maximum atomic E-state index is 10.6. The van der Waals surface area contributed by atoms with E-state index in [2.05, 4.69) is 11.7 Å². The first-order valence-corrected chi connectivity index (χ1v) is 8.64. The van der Waals surface area contributed by atoms with Crippen LogP contribution >= 0.6 is 0 Å². The van der Waals surface area contributed by atoms with Gasteiger partial charge in [0.15, 0.2) is 0 Å². The Morgan fingerprint density at radius 1 is 1.08 bits per heavy atom. The zero-order chi connectivity index (χ0) is 20.1. The molecular weight excluding hydrogens is 328 g/mol. The predicted octanol–water partition coefficient (Wildman–Crippen LogP) is 2.59. The molecule has 0 amide bonds. The van der Waals surface area contributed by atoms with Crippen LogP contribution in [0.25, 0.3) is 0 Å². The topological polar surface area (TPSA) is 91.3 Å². The molecule has 0 heterocycles. The lowest BCUT2D eigenvalue weighted by Crippen LogP contribution is -2.17. The molecule has 0 aliphatic heterocycles. The third kappa shape index (κ3) is 27.9. The Hall–Kier alpha value is -1.18. The maximum Gasteiger partial charge on any atom is 0.310 e. The van der Waals surface area contributed by atoms with Crippen molar-refractivity contribution >= 4 is 11.9 Å². The van der Waals surface area contributed by atoms with Crippen molar-refractivity contribution in [3.63, 3.8) is 0 Å². The van der Waals surface area contributed by atoms with Crippen LogP contribution in [0.5, 0.6) is 0 Å². The van der Waals surface area contributed by atoms with Crippen molar-refractivity contribution < 1.29 is 33.6 Å². The normalized spacial score (nSPS) is 11.8. The van der Waals surface area contributed by atoms with E-state index in [9.17, 15) is 9.59 Å². The van der Waals surface area contributed by atoms with Gasteiger partial charge in [0, 0.05) is 27.8 Å². The first kappa shape index (κ1) is 28.6. The minimum absolute atomic E-state index is 0.153. The van der Waals surface area contributed by atoms with Crippen LogP contribution in [0.2, 0.25) is 0 Å². The van der Waals surface area contributed by atoms with Gasteiger partial charge in [-0.3, -0.25) is 9.59 Å². The second-order valence-electron chi connectivity index (χ2n) is 5.49. The molecule has 0 aliphatic rings. The van der Waals surface area contributed by atoms with Gasteiger partial charge in [0.2, 0.25) is 0 Å². The molecule has 0 saturated heterocycles. The number of aliphatic hydroxyl groups is 1. The van der Waals surface area contributed by atoms with Crippen LogP contribution in [0.3, 0.4) is 0 Å². The largest absolute Gasteiger partial charge is 0.469 e. The Morgan fingerprint density at radius 2 is 1.68 bits per heavy atom. The van der Waals surface area contributed by atoms with Crippen LogP contribution in [0.15, 0.2) is 0 Å². The van der Waals surface area contributed by atoms with E-state index < -0.39 is 0 Å². The molecule has 0 aromatic heterocycles. The Kier molecular flexibility index (Phi) is 26.1. The van der Waals surface area contributed by atoms with Gasteiger partial charge in [-0.1, -0.05) is 19.8 Å². The van der Waals surface area contributed by atoms with E-state index in [0.717, 1.165) is 19.3 Å². The summed E-state index contributed by atoms with van der Waals surface area (Å²) < 4.78 is 18.7. The molecule has 0 fully saturated rings. The Bertz CT molecular complexity index is 295. The molecular formula is C18H38O7. The Balaban J connectivity index is -0.000000293. The smallest absolute Gasteiger partial charge is 0.310 e. The zero-order valence-electron chi connectivity index (χ0n) is 17.0. The minimum Gasteiger partial charge on any atom is -0.469 e. The van der Waals surface area contributed by atoms with Crippen LogP contribution in [-0.2, 0) is 28.5 Å². The number of rotatable bonds is 10. The Morgan fingerprint density at radius 3 is 2.00 bits per heavy atom. The highest BCUT2D eigenvalue weighted by molar-refractivity contribution is 5.71. The first-order chi connectivity index (χ1) is 11.8. The number of hydrogen-bond donors (Lipinski definition) is 1. The summed E-state index contributed by atoms with van der Waals surface area (Å²) in [4.78, 5) is 20.8. The maximum absolute atomic E-state index is 10.6. The molecule has 0 saturated carbocycles. The molecule has 2 unspecified atom stereocenters. The molecule has 7 heteroatoms. The number of hydrogen-bond acceptors (Lipinski definition) is 7. The zero-order valence-corrected chi connectivity index (χ0v) is 17.0. The third-order valence-electron chi connectivity index (χ3n) is 3.01. The first-order valence-electron chi connectivity index (χ1n) is 8.64. The van der Waals surface area contributed by atoms with E-state index in [1.165, 1.54) is 20.5 Å². The number of aliphatic hydroxyl groups excluding tert-OH is 1. The number of esters is 2. The van der Waals surface area contributed by atoms with Gasteiger partial charge in [0.25, 0.3) is 0 Å². The fraction of sp³-hybridized carbons (Fsp3) is 0.889. The highest BCUT2D eigenvalue weighted by Gasteiger charge is 2.11. The summed E-state index contributed by atoms with van der Waals surface area (Å²) in [6, 6.07) is 0. The summed E-state index contributed by atoms with van der Waals surface area (Å²) >= 11 is 0. The van der Waals surface area contributed by atoms with E-state index in [1.54, 1.807) is 21.1 Å². The van der Waals surface area contributed by atoms with E-state index in [4.69, 9.17) is 19.3 Å². The van der Waals surface area contributed by atoms with Gasteiger partial charge < -0.3 is 24.1 Å². The van der Waals surface area contributed by atoms with Gasteiger partial charge in [-0.25, -0.2) is 0 Å². The molecule has 0 bridgehead atoms. The van der Waals surface area contributed by atoms with Crippen LogP contribution in [0.4, 0.5) is 0 Å². The average molecular weight is 366 g/mol. The average Bonchev–Trinajstić information content (AvgIpc) is 2.59.